The van der Waals surface area contributed by atoms with Crippen LogP contribution >= 0.6 is 15.9 Å². The predicted molar refractivity (Wildman–Crippen MR) is 98.7 cm³/mol. The van der Waals surface area contributed by atoms with Crippen LogP contribution in [0.5, 0.6) is 11.5 Å². The lowest BCUT2D eigenvalue weighted by Crippen LogP contribution is -2.04. The Morgan fingerprint density at radius 1 is 1.12 bits per heavy atom. The van der Waals surface area contributed by atoms with E-state index in [1.54, 1.807) is 14.2 Å². The SMILES string of the molecule is COc1cc(Br)c(Cc2nc(N)c3cccc(C)c3n2)c(OC)c1. The van der Waals surface area contributed by atoms with Gasteiger partial charge in [0.15, 0.2) is 0 Å². The second-order valence-corrected chi connectivity index (χ2v) is 6.32. The standard InChI is InChI=1S/C18H18BrN3O2/c1-10-5-4-6-12-17(10)21-16(22-18(12)20)9-13-14(19)7-11(23-2)8-15(13)24-3/h4-8H,9H2,1-3H3,(H2,20,21,22). The second-order valence-electron chi connectivity index (χ2n) is 5.46. The summed E-state index contributed by atoms with van der Waals surface area (Å²) in [5.74, 6) is 2.58. The molecule has 6 heteroatoms. The number of fused-ring (bicyclic) bond motifs is 1. The minimum atomic E-state index is 0.488. The van der Waals surface area contributed by atoms with Crippen molar-refractivity contribution in [2.45, 2.75) is 13.3 Å². The molecule has 0 spiro atoms. The molecule has 0 amide bonds. The van der Waals surface area contributed by atoms with Gasteiger partial charge in [-0.25, -0.2) is 9.97 Å². The molecule has 0 radical (unpaired) electrons. The molecule has 2 N–H and O–H groups in total. The summed E-state index contributed by atoms with van der Waals surface area (Å²) < 4.78 is 11.6. The number of aromatic nitrogens is 2. The molecular formula is C18H18BrN3O2. The highest BCUT2D eigenvalue weighted by Gasteiger charge is 2.14. The van der Waals surface area contributed by atoms with Gasteiger partial charge in [0.25, 0.3) is 0 Å². The number of hydrogen-bond donors (Lipinski definition) is 1. The first-order valence-corrected chi connectivity index (χ1v) is 8.25. The summed E-state index contributed by atoms with van der Waals surface area (Å²) in [4.78, 5) is 9.15. The summed E-state index contributed by atoms with van der Waals surface area (Å²) in [6.07, 6.45) is 0.502. The molecule has 0 aliphatic rings. The average Bonchev–Trinajstić information content (AvgIpc) is 2.57. The second kappa shape index (κ2) is 6.65. The minimum absolute atomic E-state index is 0.488. The monoisotopic (exact) mass is 387 g/mol. The zero-order valence-corrected chi connectivity index (χ0v) is 15.3. The van der Waals surface area contributed by atoms with Crippen molar-refractivity contribution in [1.82, 2.24) is 9.97 Å². The van der Waals surface area contributed by atoms with Gasteiger partial charge in [0.05, 0.1) is 19.7 Å². The molecule has 0 atom stereocenters. The van der Waals surface area contributed by atoms with E-state index in [4.69, 9.17) is 20.2 Å². The largest absolute Gasteiger partial charge is 0.497 e. The lowest BCUT2D eigenvalue weighted by molar-refractivity contribution is 0.391. The van der Waals surface area contributed by atoms with E-state index in [-0.39, 0.29) is 0 Å². The Balaban J connectivity index is 2.09. The fourth-order valence-corrected chi connectivity index (χ4v) is 3.22. The molecular weight excluding hydrogens is 370 g/mol. The number of anilines is 1. The van der Waals surface area contributed by atoms with E-state index in [0.29, 0.717) is 23.8 Å². The van der Waals surface area contributed by atoms with Gasteiger partial charge in [0.1, 0.15) is 23.1 Å². The molecule has 3 aromatic rings. The van der Waals surface area contributed by atoms with E-state index in [1.165, 1.54) is 0 Å². The number of benzene rings is 2. The number of hydrogen-bond acceptors (Lipinski definition) is 5. The Kier molecular flexibility index (Phi) is 4.57. The molecule has 2 aromatic carbocycles. The van der Waals surface area contributed by atoms with E-state index in [2.05, 4.69) is 20.9 Å². The summed E-state index contributed by atoms with van der Waals surface area (Å²) >= 11 is 3.57. The van der Waals surface area contributed by atoms with E-state index in [1.807, 2.05) is 37.3 Å². The van der Waals surface area contributed by atoms with Gasteiger partial charge in [0, 0.05) is 27.9 Å². The Labute approximate surface area is 149 Å². The number of nitrogens with zero attached hydrogens (tertiary/aromatic N) is 2. The average molecular weight is 388 g/mol. The first kappa shape index (κ1) is 16.5. The number of aryl methyl sites for hydroxylation is 1. The Morgan fingerprint density at radius 2 is 1.92 bits per heavy atom. The van der Waals surface area contributed by atoms with Crippen LogP contribution < -0.4 is 15.2 Å². The zero-order chi connectivity index (χ0) is 17.3. The molecule has 3 rings (SSSR count). The first-order valence-electron chi connectivity index (χ1n) is 7.45. The fraction of sp³-hybridized carbons (Fsp3) is 0.222. The van der Waals surface area contributed by atoms with Crippen LogP contribution in [0.15, 0.2) is 34.8 Å². The lowest BCUT2D eigenvalue weighted by Gasteiger charge is -2.13. The summed E-state index contributed by atoms with van der Waals surface area (Å²) in [7, 11) is 3.25. The number of nitrogen functional groups attached to an aromatic ring is 1. The molecule has 5 nitrogen and oxygen atoms in total. The molecule has 0 fully saturated rings. The van der Waals surface area contributed by atoms with Crippen LogP contribution in [0, 0.1) is 6.92 Å². The van der Waals surface area contributed by atoms with Gasteiger partial charge < -0.3 is 15.2 Å². The van der Waals surface area contributed by atoms with Crippen LogP contribution in [0.25, 0.3) is 10.9 Å². The van der Waals surface area contributed by atoms with Crippen molar-refractivity contribution in [2.75, 3.05) is 20.0 Å². The molecule has 1 heterocycles. The number of ether oxygens (including phenoxy) is 2. The first-order chi connectivity index (χ1) is 11.5. The lowest BCUT2D eigenvalue weighted by atomic mass is 10.1. The third-order valence-electron chi connectivity index (χ3n) is 3.92. The highest BCUT2D eigenvalue weighted by Crippen LogP contribution is 2.34. The highest BCUT2D eigenvalue weighted by atomic mass is 79.9. The molecule has 0 saturated heterocycles. The molecule has 0 aliphatic heterocycles. The van der Waals surface area contributed by atoms with Crippen molar-refractivity contribution >= 4 is 32.7 Å². The maximum atomic E-state index is 6.12. The van der Waals surface area contributed by atoms with Crippen LogP contribution in [-0.4, -0.2) is 24.2 Å². The summed E-state index contributed by atoms with van der Waals surface area (Å²) in [6.45, 7) is 2.02. The maximum Gasteiger partial charge on any atom is 0.136 e. The van der Waals surface area contributed by atoms with Gasteiger partial charge in [-0.1, -0.05) is 28.1 Å². The van der Waals surface area contributed by atoms with Crippen molar-refractivity contribution < 1.29 is 9.47 Å². The molecule has 0 saturated carbocycles. The normalized spacial score (nSPS) is 10.8. The fourth-order valence-electron chi connectivity index (χ4n) is 2.66. The van der Waals surface area contributed by atoms with E-state index < -0.39 is 0 Å². The predicted octanol–water partition coefficient (Wildman–Crippen LogP) is 3.89. The van der Waals surface area contributed by atoms with Crippen molar-refractivity contribution in [3.63, 3.8) is 0 Å². The Bertz CT molecular complexity index is 912. The number of para-hydroxylation sites is 1. The summed E-state index contributed by atoms with van der Waals surface area (Å²) in [6, 6.07) is 9.65. The van der Waals surface area contributed by atoms with Crippen LogP contribution in [0.2, 0.25) is 0 Å². The van der Waals surface area contributed by atoms with Gasteiger partial charge in [-0.2, -0.15) is 0 Å². The summed E-state index contributed by atoms with van der Waals surface area (Å²) in [5.41, 5.74) is 9.02. The van der Waals surface area contributed by atoms with Crippen molar-refractivity contribution in [3.05, 3.63) is 51.8 Å². The third-order valence-corrected chi connectivity index (χ3v) is 4.63. The van der Waals surface area contributed by atoms with E-state index in [9.17, 15) is 0 Å². The minimum Gasteiger partial charge on any atom is -0.497 e. The Morgan fingerprint density at radius 3 is 2.62 bits per heavy atom. The summed E-state index contributed by atoms with van der Waals surface area (Å²) in [5, 5.41) is 0.875. The van der Waals surface area contributed by atoms with Gasteiger partial charge >= 0.3 is 0 Å². The number of rotatable bonds is 4. The van der Waals surface area contributed by atoms with Crippen molar-refractivity contribution in [2.24, 2.45) is 0 Å². The maximum absolute atomic E-state index is 6.12. The van der Waals surface area contributed by atoms with E-state index >= 15 is 0 Å². The quantitative estimate of drug-likeness (QED) is 0.734. The van der Waals surface area contributed by atoms with Crippen LogP contribution in [0.3, 0.4) is 0 Å². The van der Waals surface area contributed by atoms with Gasteiger partial charge in [-0.05, 0) is 24.6 Å². The van der Waals surface area contributed by atoms with Crippen LogP contribution in [0.4, 0.5) is 5.82 Å². The Hall–Kier alpha value is -2.34. The zero-order valence-electron chi connectivity index (χ0n) is 13.8. The number of nitrogens with two attached hydrogens (primary N) is 1. The van der Waals surface area contributed by atoms with Crippen molar-refractivity contribution in [1.29, 1.82) is 0 Å². The van der Waals surface area contributed by atoms with Crippen LogP contribution in [0.1, 0.15) is 17.0 Å². The third kappa shape index (κ3) is 3.01. The highest BCUT2D eigenvalue weighted by molar-refractivity contribution is 9.10. The number of methoxy groups -OCH3 is 2. The molecule has 24 heavy (non-hydrogen) atoms. The molecule has 1 aromatic heterocycles. The topological polar surface area (TPSA) is 70.3 Å². The smallest absolute Gasteiger partial charge is 0.136 e. The van der Waals surface area contributed by atoms with Gasteiger partial charge in [-0.3, -0.25) is 0 Å². The van der Waals surface area contributed by atoms with Crippen molar-refractivity contribution in [3.8, 4) is 11.5 Å². The number of halogens is 1. The molecule has 0 unspecified atom stereocenters. The molecule has 0 bridgehead atoms. The van der Waals surface area contributed by atoms with Gasteiger partial charge in [0.2, 0.25) is 0 Å². The van der Waals surface area contributed by atoms with Gasteiger partial charge in [-0.15, -0.1) is 0 Å². The van der Waals surface area contributed by atoms with Crippen LogP contribution in [-0.2, 0) is 6.42 Å². The molecule has 124 valence electrons. The van der Waals surface area contributed by atoms with E-state index in [0.717, 1.165) is 32.3 Å². The molecule has 0 aliphatic carbocycles.